The molecule has 0 atom stereocenters. The number of benzene rings is 1. The average Bonchev–Trinajstić information content (AvgIpc) is 2.25. The predicted molar refractivity (Wildman–Crippen MR) is 68.7 cm³/mol. The minimum Gasteiger partial charge on any atom is -0.192 e. The van der Waals surface area contributed by atoms with E-state index in [1.54, 1.807) is 0 Å². The van der Waals surface area contributed by atoms with E-state index >= 15 is 0 Å². The number of nitriles is 2. The molecule has 0 amide bonds. The largest absolute Gasteiger partial charge is 0.192 e. The Bertz CT molecular complexity index is 505. The Morgan fingerprint density at radius 1 is 1.00 bits per heavy atom. The van der Waals surface area contributed by atoms with Crippen LogP contribution in [-0.4, -0.2) is 0 Å². The molecule has 0 fully saturated rings. The normalized spacial score (nSPS) is 11.1. The highest BCUT2D eigenvalue weighted by Gasteiger charge is 2.21. The van der Waals surface area contributed by atoms with Gasteiger partial charge in [-0.3, -0.25) is 0 Å². The van der Waals surface area contributed by atoms with Gasteiger partial charge in [0.05, 0.1) is 23.3 Å². The fraction of sp³-hybridized carbons (Fsp3) is 0.467. The monoisotopic (exact) mass is 226 g/mol. The van der Waals surface area contributed by atoms with E-state index in [4.69, 9.17) is 0 Å². The molecule has 2 nitrogen and oxygen atoms in total. The molecule has 0 aliphatic carbocycles. The van der Waals surface area contributed by atoms with Gasteiger partial charge in [-0.2, -0.15) is 10.5 Å². The smallest absolute Gasteiger partial charge is 0.0994 e. The van der Waals surface area contributed by atoms with Crippen LogP contribution in [0.2, 0.25) is 0 Å². The molecular formula is C15H18N2. The average molecular weight is 226 g/mol. The van der Waals surface area contributed by atoms with Crippen molar-refractivity contribution >= 4 is 0 Å². The second-order valence-corrected chi connectivity index (χ2v) is 5.61. The van der Waals surface area contributed by atoms with Crippen LogP contribution in [-0.2, 0) is 5.41 Å². The van der Waals surface area contributed by atoms with Gasteiger partial charge in [0.1, 0.15) is 0 Å². The van der Waals surface area contributed by atoms with Crippen molar-refractivity contribution in [2.24, 2.45) is 0 Å². The first-order chi connectivity index (χ1) is 7.81. The first kappa shape index (κ1) is 13.3. The topological polar surface area (TPSA) is 47.6 Å². The molecule has 0 unspecified atom stereocenters. The molecule has 0 bridgehead atoms. The van der Waals surface area contributed by atoms with E-state index in [1.165, 1.54) is 0 Å². The van der Waals surface area contributed by atoms with E-state index < -0.39 is 0 Å². The molecule has 0 radical (unpaired) electrons. The maximum atomic E-state index is 9.22. The van der Waals surface area contributed by atoms with Gasteiger partial charge in [0.25, 0.3) is 0 Å². The molecule has 2 heteroatoms. The van der Waals surface area contributed by atoms with Crippen LogP contribution in [0.4, 0.5) is 0 Å². The van der Waals surface area contributed by atoms with Gasteiger partial charge < -0.3 is 0 Å². The Labute approximate surface area is 104 Å². The summed E-state index contributed by atoms with van der Waals surface area (Å²) in [5, 5.41) is 18.4. The molecule has 88 valence electrons. The Morgan fingerprint density at radius 3 is 1.88 bits per heavy atom. The summed E-state index contributed by atoms with van der Waals surface area (Å²) in [6.45, 7) is 10.2. The Kier molecular flexibility index (Phi) is 3.59. The Hall–Kier alpha value is -1.80. The lowest BCUT2D eigenvalue weighted by Gasteiger charge is -2.22. The fourth-order valence-corrected chi connectivity index (χ4v) is 1.90. The molecule has 17 heavy (non-hydrogen) atoms. The Balaban J connectivity index is 3.58. The van der Waals surface area contributed by atoms with Crippen molar-refractivity contribution in [3.8, 4) is 12.1 Å². The highest BCUT2D eigenvalue weighted by molar-refractivity contribution is 5.52. The first-order valence-electron chi connectivity index (χ1n) is 5.80. The lowest BCUT2D eigenvalue weighted by atomic mass is 9.81. The fourth-order valence-electron chi connectivity index (χ4n) is 1.90. The maximum Gasteiger partial charge on any atom is 0.0994 e. The van der Waals surface area contributed by atoms with Gasteiger partial charge in [0.15, 0.2) is 0 Å². The van der Waals surface area contributed by atoms with Crippen molar-refractivity contribution in [2.75, 3.05) is 0 Å². The van der Waals surface area contributed by atoms with Gasteiger partial charge in [0, 0.05) is 0 Å². The summed E-state index contributed by atoms with van der Waals surface area (Å²) in [6, 6.07) is 8.20. The van der Waals surface area contributed by atoms with Crippen LogP contribution in [0.25, 0.3) is 0 Å². The Morgan fingerprint density at radius 2 is 1.53 bits per heavy atom. The van der Waals surface area contributed by atoms with Crippen LogP contribution in [0.3, 0.4) is 0 Å². The van der Waals surface area contributed by atoms with E-state index in [-0.39, 0.29) is 11.3 Å². The number of hydrogen-bond acceptors (Lipinski definition) is 2. The van der Waals surface area contributed by atoms with Gasteiger partial charge in [-0.25, -0.2) is 0 Å². The van der Waals surface area contributed by atoms with Gasteiger partial charge >= 0.3 is 0 Å². The summed E-state index contributed by atoms with van der Waals surface area (Å²) < 4.78 is 0. The highest BCUT2D eigenvalue weighted by Crippen LogP contribution is 2.30. The number of nitrogens with zero attached hydrogens (tertiary/aromatic N) is 2. The molecule has 0 spiro atoms. The third kappa shape index (κ3) is 2.66. The molecule has 0 aliphatic heterocycles. The SMILES string of the molecule is CC(C)c1cc(C#N)c(C(C)(C)C)cc1C#N. The van der Waals surface area contributed by atoms with Crippen LogP contribution < -0.4 is 0 Å². The summed E-state index contributed by atoms with van der Waals surface area (Å²) in [5.41, 5.74) is 3.15. The molecule has 0 saturated heterocycles. The lowest BCUT2D eigenvalue weighted by molar-refractivity contribution is 0.587. The maximum absolute atomic E-state index is 9.22. The summed E-state index contributed by atoms with van der Waals surface area (Å²) in [5.74, 6) is 0.255. The van der Waals surface area contributed by atoms with E-state index in [9.17, 15) is 10.5 Å². The minimum atomic E-state index is -0.119. The van der Waals surface area contributed by atoms with Crippen LogP contribution in [0.1, 0.15) is 62.8 Å². The van der Waals surface area contributed by atoms with Crippen LogP contribution >= 0.6 is 0 Å². The first-order valence-corrected chi connectivity index (χ1v) is 5.80. The summed E-state index contributed by atoms with van der Waals surface area (Å²) >= 11 is 0. The number of rotatable bonds is 1. The molecule has 0 saturated carbocycles. The van der Waals surface area contributed by atoms with Crippen LogP contribution in [0.15, 0.2) is 12.1 Å². The van der Waals surface area contributed by atoms with Crippen LogP contribution in [0, 0.1) is 22.7 Å². The molecule has 1 aromatic rings. The minimum absolute atomic E-state index is 0.119. The molecule has 0 aliphatic rings. The molecule has 1 aromatic carbocycles. The summed E-state index contributed by atoms with van der Waals surface area (Å²) in [4.78, 5) is 0. The quantitative estimate of drug-likeness (QED) is 0.730. The van der Waals surface area contributed by atoms with Crippen molar-refractivity contribution < 1.29 is 0 Å². The van der Waals surface area contributed by atoms with Gasteiger partial charge in [-0.15, -0.1) is 0 Å². The van der Waals surface area contributed by atoms with E-state index in [2.05, 4.69) is 32.9 Å². The van der Waals surface area contributed by atoms with E-state index in [0.717, 1.165) is 11.1 Å². The standard InChI is InChI=1S/C15H18N2/c1-10(2)13-6-12(9-17)14(15(3,4)5)7-11(13)8-16/h6-7,10H,1-5H3. The molecule has 0 aromatic heterocycles. The lowest BCUT2D eigenvalue weighted by Crippen LogP contribution is -2.14. The molecule has 0 heterocycles. The van der Waals surface area contributed by atoms with Crippen molar-refractivity contribution in [1.29, 1.82) is 10.5 Å². The van der Waals surface area contributed by atoms with Gasteiger partial charge in [-0.05, 0) is 34.6 Å². The number of hydrogen-bond donors (Lipinski definition) is 0. The summed E-state index contributed by atoms with van der Waals surface area (Å²) in [7, 11) is 0. The van der Waals surface area contributed by atoms with Gasteiger partial charge in [-0.1, -0.05) is 34.6 Å². The van der Waals surface area contributed by atoms with Gasteiger partial charge in [0.2, 0.25) is 0 Å². The third-order valence-electron chi connectivity index (χ3n) is 2.86. The van der Waals surface area contributed by atoms with Crippen molar-refractivity contribution in [3.63, 3.8) is 0 Å². The second kappa shape index (κ2) is 4.60. The summed E-state index contributed by atoms with van der Waals surface area (Å²) in [6.07, 6.45) is 0. The predicted octanol–water partition coefficient (Wildman–Crippen LogP) is 3.85. The van der Waals surface area contributed by atoms with Crippen LogP contribution in [0.5, 0.6) is 0 Å². The molecule has 1 rings (SSSR count). The van der Waals surface area contributed by atoms with E-state index in [0.29, 0.717) is 11.1 Å². The second-order valence-electron chi connectivity index (χ2n) is 5.61. The zero-order valence-corrected chi connectivity index (χ0v) is 11.1. The molecule has 0 N–H and O–H groups in total. The zero-order chi connectivity index (χ0) is 13.2. The molecular weight excluding hydrogens is 208 g/mol. The third-order valence-corrected chi connectivity index (χ3v) is 2.86. The van der Waals surface area contributed by atoms with E-state index in [1.807, 2.05) is 26.0 Å². The van der Waals surface area contributed by atoms with Crippen molar-refractivity contribution in [2.45, 2.75) is 46.0 Å². The zero-order valence-electron chi connectivity index (χ0n) is 11.1. The van der Waals surface area contributed by atoms with Crippen molar-refractivity contribution in [1.82, 2.24) is 0 Å². The van der Waals surface area contributed by atoms with Crippen molar-refractivity contribution in [3.05, 3.63) is 34.4 Å². The highest BCUT2D eigenvalue weighted by atomic mass is 14.3.